The van der Waals surface area contributed by atoms with Crippen molar-refractivity contribution in [3.8, 4) is 0 Å². The molecule has 2 rings (SSSR count). The number of carbonyl (C=O) groups excluding carboxylic acids is 1. The molecule has 0 aliphatic carbocycles. The quantitative estimate of drug-likeness (QED) is 0.555. The SMILES string of the molecule is COCCN1CCC(CN(C)C(=O)c2cnc(SC)nc2)C1. The van der Waals surface area contributed by atoms with Crippen molar-refractivity contribution in [2.24, 2.45) is 5.92 Å². The number of aromatic nitrogens is 2. The van der Waals surface area contributed by atoms with Crippen molar-refractivity contribution in [1.82, 2.24) is 19.8 Å². The van der Waals surface area contributed by atoms with E-state index in [1.54, 1.807) is 24.4 Å². The Hall–Kier alpha value is -1.18. The fourth-order valence-electron chi connectivity index (χ4n) is 2.71. The third kappa shape index (κ3) is 4.66. The minimum Gasteiger partial charge on any atom is -0.383 e. The number of amides is 1. The first-order valence-electron chi connectivity index (χ1n) is 7.46. The molecule has 0 spiro atoms. The van der Waals surface area contributed by atoms with E-state index in [1.807, 2.05) is 13.3 Å². The number of hydrogen-bond acceptors (Lipinski definition) is 6. The van der Waals surface area contributed by atoms with Crippen molar-refractivity contribution in [3.63, 3.8) is 0 Å². The normalized spacial score (nSPS) is 18.6. The van der Waals surface area contributed by atoms with Crippen molar-refractivity contribution >= 4 is 17.7 Å². The zero-order valence-electron chi connectivity index (χ0n) is 13.5. The van der Waals surface area contributed by atoms with E-state index in [9.17, 15) is 4.79 Å². The molecule has 22 heavy (non-hydrogen) atoms. The fraction of sp³-hybridized carbons (Fsp3) is 0.667. The molecule has 0 radical (unpaired) electrons. The predicted molar refractivity (Wildman–Crippen MR) is 87.2 cm³/mol. The second-order valence-electron chi connectivity index (χ2n) is 5.59. The summed E-state index contributed by atoms with van der Waals surface area (Å²) in [6, 6.07) is 0. The van der Waals surface area contributed by atoms with Crippen molar-refractivity contribution in [2.45, 2.75) is 11.6 Å². The van der Waals surface area contributed by atoms with Crippen molar-refractivity contribution in [1.29, 1.82) is 0 Å². The molecule has 1 aromatic rings. The lowest BCUT2D eigenvalue weighted by Gasteiger charge is -2.21. The molecule has 122 valence electrons. The summed E-state index contributed by atoms with van der Waals surface area (Å²) >= 11 is 1.47. The van der Waals surface area contributed by atoms with Crippen molar-refractivity contribution in [3.05, 3.63) is 18.0 Å². The molecule has 1 saturated heterocycles. The van der Waals surface area contributed by atoms with Gasteiger partial charge in [0.1, 0.15) is 0 Å². The summed E-state index contributed by atoms with van der Waals surface area (Å²) in [5.74, 6) is 0.514. The molecule has 1 aromatic heterocycles. The molecule has 0 saturated carbocycles. The third-order valence-electron chi connectivity index (χ3n) is 3.92. The van der Waals surface area contributed by atoms with E-state index in [0.29, 0.717) is 16.6 Å². The molecule has 6 nitrogen and oxygen atoms in total. The molecule has 0 N–H and O–H groups in total. The third-order valence-corrected chi connectivity index (χ3v) is 4.49. The standard InChI is InChI=1S/C15H24N4O2S/c1-18(10-12-4-5-19(11-12)6-7-21-2)14(20)13-8-16-15(22-3)17-9-13/h8-9,12H,4-7,10-11H2,1-3H3. The lowest BCUT2D eigenvalue weighted by molar-refractivity contribution is 0.0771. The summed E-state index contributed by atoms with van der Waals surface area (Å²) in [6.45, 7) is 4.62. The van der Waals surface area contributed by atoms with Crippen LogP contribution in [-0.4, -0.2) is 78.9 Å². The predicted octanol–water partition coefficient (Wildman–Crippen LogP) is 1.24. The molecule has 1 aliphatic heterocycles. The maximum Gasteiger partial charge on any atom is 0.256 e. The van der Waals surface area contributed by atoms with Gasteiger partial charge in [0.25, 0.3) is 5.91 Å². The molecular weight excluding hydrogens is 300 g/mol. The Bertz CT molecular complexity index is 483. The molecule has 0 aromatic carbocycles. The first-order chi connectivity index (χ1) is 10.6. The van der Waals surface area contributed by atoms with Gasteiger partial charge in [0, 0.05) is 46.2 Å². The Morgan fingerprint density at radius 2 is 2.23 bits per heavy atom. The van der Waals surface area contributed by atoms with Crippen molar-refractivity contribution < 1.29 is 9.53 Å². The smallest absolute Gasteiger partial charge is 0.256 e. The molecule has 1 amide bonds. The average Bonchev–Trinajstić information content (AvgIpc) is 2.99. The monoisotopic (exact) mass is 324 g/mol. The van der Waals surface area contributed by atoms with Crippen LogP contribution in [0.15, 0.2) is 17.6 Å². The highest BCUT2D eigenvalue weighted by Gasteiger charge is 2.25. The first kappa shape index (κ1) is 17.2. The first-order valence-corrected chi connectivity index (χ1v) is 8.69. The van der Waals surface area contributed by atoms with Gasteiger partial charge in [0.15, 0.2) is 5.16 Å². The highest BCUT2D eigenvalue weighted by Crippen LogP contribution is 2.17. The van der Waals surface area contributed by atoms with Gasteiger partial charge < -0.3 is 14.5 Å². The Morgan fingerprint density at radius 3 is 2.86 bits per heavy atom. The van der Waals surface area contributed by atoms with Crippen LogP contribution in [0.2, 0.25) is 0 Å². The molecule has 2 heterocycles. The molecule has 1 fully saturated rings. The van der Waals surface area contributed by atoms with E-state index in [1.165, 1.54) is 11.8 Å². The number of nitrogens with zero attached hydrogens (tertiary/aromatic N) is 4. The van der Waals surface area contributed by atoms with Gasteiger partial charge in [-0.2, -0.15) is 0 Å². The summed E-state index contributed by atoms with van der Waals surface area (Å²) in [5.41, 5.74) is 0.550. The van der Waals surface area contributed by atoms with Gasteiger partial charge in [-0.1, -0.05) is 11.8 Å². The summed E-state index contributed by atoms with van der Waals surface area (Å²) in [6.07, 6.45) is 6.26. The lowest BCUT2D eigenvalue weighted by atomic mass is 10.1. The number of carbonyl (C=O) groups is 1. The van der Waals surface area contributed by atoms with Crippen molar-refractivity contribution in [2.75, 3.05) is 53.2 Å². The summed E-state index contributed by atoms with van der Waals surface area (Å²) in [7, 11) is 3.58. The van der Waals surface area contributed by atoms with E-state index in [2.05, 4.69) is 14.9 Å². The summed E-state index contributed by atoms with van der Waals surface area (Å²) in [4.78, 5) is 24.9. The van der Waals surface area contributed by atoms with Gasteiger partial charge in [-0.05, 0) is 25.1 Å². The van der Waals surface area contributed by atoms with E-state index in [0.717, 1.165) is 39.2 Å². The van der Waals surface area contributed by atoms with Crippen LogP contribution in [0.3, 0.4) is 0 Å². The Labute approximate surface area is 136 Å². The zero-order valence-corrected chi connectivity index (χ0v) is 14.3. The van der Waals surface area contributed by atoms with Crippen LogP contribution in [0.5, 0.6) is 0 Å². The van der Waals surface area contributed by atoms with Crippen LogP contribution in [0.25, 0.3) is 0 Å². The number of hydrogen-bond donors (Lipinski definition) is 0. The van der Waals surface area contributed by atoms with Gasteiger partial charge in [-0.25, -0.2) is 9.97 Å². The Morgan fingerprint density at radius 1 is 1.50 bits per heavy atom. The number of thioether (sulfide) groups is 1. The second kappa shape index (κ2) is 8.45. The van der Waals surface area contributed by atoms with Crippen LogP contribution in [0.1, 0.15) is 16.8 Å². The maximum atomic E-state index is 12.4. The number of methoxy groups -OCH3 is 1. The number of ether oxygens (including phenoxy) is 1. The average molecular weight is 324 g/mol. The number of rotatable bonds is 7. The highest BCUT2D eigenvalue weighted by atomic mass is 32.2. The van der Waals surface area contributed by atoms with Gasteiger partial charge in [-0.3, -0.25) is 4.79 Å². The van der Waals surface area contributed by atoms with E-state index >= 15 is 0 Å². The lowest BCUT2D eigenvalue weighted by Crippen LogP contribution is -2.33. The number of likely N-dealkylation sites (tertiary alicyclic amines) is 1. The van der Waals surface area contributed by atoms with Crippen LogP contribution < -0.4 is 0 Å². The molecule has 7 heteroatoms. The van der Waals surface area contributed by atoms with Gasteiger partial charge in [0.05, 0.1) is 12.2 Å². The van der Waals surface area contributed by atoms with Crippen LogP contribution in [-0.2, 0) is 4.74 Å². The molecular formula is C15H24N4O2S. The summed E-state index contributed by atoms with van der Waals surface area (Å²) < 4.78 is 5.11. The highest BCUT2D eigenvalue weighted by molar-refractivity contribution is 7.98. The van der Waals surface area contributed by atoms with Crippen LogP contribution in [0.4, 0.5) is 0 Å². The maximum absolute atomic E-state index is 12.4. The molecule has 1 unspecified atom stereocenters. The van der Waals surface area contributed by atoms with Gasteiger partial charge >= 0.3 is 0 Å². The van der Waals surface area contributed by atoms with E-state index in [-0.39, 0.29) is 5.91 Å². The fourth-order valence-corrected chi connectivity index (χ4v) is 3.02. The topological polar surface area (TPSA) is 58.6 Å². The minimum atomic E-state index is -0.0111. The Balaban J connectivity index is 1.83. The van der Waals surface area contributed by atoms with Gasteiger partial charge in [0.2, 0.25) is 0 Å². The van der Waals surface area contributed by atoms with Gasteiger partial charge in [-0.15, -0.1) is 0 Å². The van der Waals surface area contributed by atoms with E-state index in [4.69, 9.17) is 4.74 Å². The largest absolute Gasteiger partial charge is 0.383 e. The summed E-state index contributed by atoms with van der Waals surface area (Å²) in [5, 5.41) is 0.684. The van der Waals surface area contributed by atoms with Crippen LogP contribution in [0, 0.1) is 5.92 Å². The van der Waals surface area contributed by atoms with E-state index < -0.39 is 0 Å². The molecule has 1 aliphatic rings. The molecule has 0 bridgehead atoms. The Kier molecular flexibility index (Phi) is 6.60. The molecule has 1 atom stereocenters. The second-order valence-corrected chi connectivity index (χ2v) is 6.37. The zero-order chi connectivity index (χ0) is 15.9. The van der Waals surface area contributed by atoms with Crippen LogP contribution >= 0.6 is 11.8 Å². The minimum absolute atomic E-state index is 0.0111.